The summed E-state index contributed by atoms with van der Waals surface area (Å²) in [4.78, 5) is 2.19. The Balaban J connectivity index is 1.52. The molecule has 0 amide bonds. The number of hydrogen-bond acceptors (Lipinski definition) is 4. The quantitative estimate of drug-likeness (QED) is 0.270. The Morgan fingerprint density at radius 3 is 1.94 bits per heavy atom. The Morgan fingerprint density at radius 2 is 1.23 bits per heavy atom. The van der Waals surface area contributed by atoms with E-state index < -0.39 is 7.12 Å². The average molecular weight is 471 g/mol. The van der Waals surface area contributed by atoms with E-state index in [0.29, 0.717) is 5.46 Å². The van der Waals surface area contributed by atoms with Crippen LogP contribution in [0.15, 0.2) is 121 Å². The highest BCUT2D eigenvalue weighted by atomic mass is 32.1. The molecule has 0 saturated heterocycles. The minimum Gasteiger partial charge on any atom is -0.423 e. The van der Waals surface area contributed by atoms with E-state index in [1.54, 1.807) is 23.5 Å². The lowest BCUT2D eigenvalue weighted by Crippen LogP contribution is -2.29. The van der Waals surface area contributed by atoms with Crippen molar-refractivity contribution in [1.82, 2.24) is 0 Å². The van der Waals surface area contributed by atoms with Crippen molar-refractivity contribution in [3.05, 3.63) is 121 Å². The summed E-state index contributed by atoms with van der Waals surface area (Å²) in [5.74, 6) is 0. The molecule has 0 aliphatic heterocycles. The summed E-state index contributed by atoms with van der Waals surface area (Å²) in [6, 6.07) is 41.3. The molecule has 0 fully saturated rings. The van der Waals surface area contributed by atoms with Crippen molar-refractivity contribution in [2.45, 2.75) is 0 Å². The van der Waals surface area contributed by atoms with E-state index in [2.05, 4.69) is 77.7 Å². The van der Waals surface area contributed by atoms with Crippen molar-refractivity contribution in [2.24, 2.45) is 0 Å². The fraction of sp³-hybridized carbons (Fsp3) is 0. The largest absolute Gasteiger partial charge is 0.488 e. The first-order chi connectivity index (χ1) is 17.2. The number of para-hydroxylation sites is 1. The summed E-state index contributed by atoms with van der Waals surface area (Å²) < 4.78 is 2.50. The Labute approximate surface area is 208 Å². The highest BCUT2D eigenvalue weighted by Crippen LogP contribution is 2.43. The van der Waals surface area contributed by atoms with Crippen LogP contribution >= 0.6 is 11.3 Å². The van der Waals surface area contributed by atoms with Crippen LogP contribution in [-0.2, 0) is 0 Å². The fourth-order valence-corrected chi connectivity index (χ4v) is 5.80. The summed E-state index contributed by atoms with van der Waals surface area (Å²) in [5.41, 5.74) is 5.98. The zero-order valence-corrected chi connectivity index (χ0v) is 19.7. The van der Waals surface area contributed by atoms with Gasteiger partial charge in [0.15, 0.2) is 0 Å². The molecule has 0 spiro atoms. The molecule has 0 saturated carbocycles. The van der Waals surface area contributed by atoms with E-state index >= 15 is 0 Å². The lowest BCUT2D eigenvalue weighted by molar-refractivity contribution is 0.426. The van der Waals surface area contributed by atoms with Crippen molar-refractivity contribution in [3.8, 4) is 11.1 Å². The van der Waals surface area contributed by atoms with Gasteiger partial charge in [-0.3, -0.25) is 0 Å². The Kier molecular flexibility index (Phi) is 5.59. The van der Waals surface area contributed by atoms with Crippen LogP contribution in [-0.4, -0.2) is 17.2 Å². The standard InChI is InChI=1S/C30H22BNO2S/c33-31(34)22-14-16-24(17-15-22)32(23-10-5-2-6-11-23)25-18-19-27-29(20-25)35-28-13-7-12-26(30(27)28)21-8-3-1-4-9-21/h1-20,33-34H. The van der Waals surface area contributed by atoms with Gasteiger partial charge in [0.2, 0.25) is 0 Å². The van der Waals surface area contributed by atoms with Crippen LogP contribution in [0.25, 0.3) is 31.3 Å². The Morgan fingerprint density at radius 1 is 0.571 bits per heavy atom. The molecule has 2 N–H and O–H groups in total. The maximum absolute atomic E-state index is 9.52. The highest BCUT2D eigenvalue weighted by molar-refractivity contribution is 7.26. The molecule has 1 heterocycles. The molecule has 6 rings (SSSR count). The second kappa shape index (κ2) is 9.04. The second-order valence-corrected chi connectivity index (χ2v) is 9.55. The van der Waals surface area contributed by atoms with E-state index in [-0.39, 0.29) is 0 Å². The summed E-state index contributed by atoms with van der Waals surface area (Å²) >= 11 is 1.81. The minimum atomic E-state index is -1.48. The molecular formula is C30H22BNO2S. The molecule has 6 aromatic rings. The zero-order valence-electron chi connectivity index (χ0n) is 18.9. The van der Waals surface area contributed by atoms with E-state index in [4.69, 9.17) is 0 Å². The second-order valence-electron chi connectivity index (χ2n) is 8.46. The Hall–Kier alpha value is -3.90. The van der Waals surface area contributed by atoms with Crippen molar-refractivity contribution in [2.75, 3.05) is 4.90 Å². The first-order valence-electron chi connectivity index (χ1n) is 11.5. The predicted octanol–water partition coefficient (Wildman–Crippen LogP) is 6.87. The van der Waals surface area contributed by atoms with E-state index in [0.717, 1.165) is 17.1 Å². The van der Waals surface area contributed by atoms with Gasteiger partial charge in [0, 0.05) is 37.2 Å². The summed E-state index contributed by atoms with van der Waals surface area (Å²) in [7, 11) is -1.48. The third-order valence-electron chi connectivity index (χ3n) is 6.29. The highest BCUT2D eigenvalue weighted by Gasteiger charge is 2.17. The summed E-state index contributed by atoms with van der Waals surface area (Å²) in [5, 5.41) is 21.6. The molecule has 35 heavy (non-hydrogen) atoms. The fourth-order valence-electron chi connectivity index (χ4n) is 4.63. The van der Waals surface area contributed by atoms with Crippen LogP contribution in [0.4, 0.5) is 17.1 Å². The number of hydrogen-bond donors (Lipinski definition) is 2. The van der Waals surface area contributed by atoms with Crippen LogP contribution < -0.4 is 10.4 Å². The number of benzene rings is 5. The van der Waals surface area contributed by atoms with Gasteiger partial charge in [-0.05, 0) is 59.1 Å². The van der Waals surface area contributed by atoms with Crippen molar-refractivity contribution in [3.63, 3.8) is 0 Å². The van der Waals surface area contributed by atoms with Gasteiger partial charge in [0.1, 0.15) is 0 Å². The molecule has 0 bridgehead atoms. The molecule has 5 heteroatoms. The van der Waals surface area contributed by atoms with E-state index in [1.165, 1.54) is 31.3 Å². The number of anilines is 3. The normalized spacial score (nSPS) is 11.1. The average Bonchev–Trinajstić information content (AvgIpc) is 3.28. The van der Waals surface area contributed by atoms with Gasteiger partial charge >= 0.3 is 7.12 Å². The molecular weight excluding hydrogens is 449 g/mol. The van der Waals surface area contributed by atoms with Crippen LogP contribution in [0.1, 0.15) is 0 Å². The molecule has 0 aliphatic carbocycles. The van der Waals surface area contributed by atoms with Gasteiger partial charge in [-0.2, -0.15) is 0 Å². The van der Waals surface area contributed by atoms with Crippen LogP contribution in [0.5, 0.6) is 0 Å². The van der Waals surface area contributed by atoms with Gasteiger partial charge in [-0.1, -0.05) is 78.9 Å². The summed E-state index contributed by atoms with van der Waals surface area (Å²) in [6.45, 7) is 0. The number of nitrogens with zero attached hydrogens (tertiary/aromatic N) is 1. The predicted molar refractivity (Wildman–Crippen MR) is 149 cm³/mol. The maximum atomic E-state index is 9.52. The molecule has 168 valence electrons. The zero-order chi connectivity index (χ0) is 23.8. The number of rotatable bonds is 5. The lowest BCUT2D eigenvalue weighted by atomic mass is 9.80. The number of fused-ring (bicyclic) bond motifs is 3. The molecule has 0 aliphatic rings. The lowest BCUT2D eigenvalue weighted by Gasteiger charge is -2.25. The molecule has 3 nitrogen and oxygen atoms in total. The van der Waals surface area contributed by atoms with Crippen molar-refractivity contribution in [1.29, 1.82) is 0 Å². The smallest absolute Gasteiger partial charge is 0.423 e. The third kappa shape index (κ3) is 4.00. The SMILES string of the molecule is OB(O)c1ccc(N(c2ccccc2)c2ccc3c(c2)sc2cccc(-c4ccccc4)c23)cc1. The first-order valence-corrected chi connectivity index (χ1v) is 12.3. The van der Waals surface area contributed by atoms with E-state index in [9.17, 15) is 10.0 Å². The van der Waals surface area contributed by atoms with Crippen LogP contribution in [0.2, 0.25) is 0 Å². The van der Waals surface area contributed by atoms with Crippen LogP contribution in [0, 0.1) is 0 Å². The van der Waals surface area contributed by atoms with Gasteiger partial charge in [-0.15, -0.1) is 11.3 Å². The third-order valence-corrected chi connectivity index (χ3v) is 7.41. The van der Waals surface area contributed by atoms with Gasteiger partial charge < -0.3 is 14.9 Å². The molecule has 1 aromatic heterocycles. The Bertz CT molecular complexity index is 1610. The van der Waals surface area contributed by atoms with Crippen LogP contribution in [0.3, 0.4) is 0 Å². The monoisotopic (exact) mass is 471 g/mol. The van der Waals surface area contributed by atoms with Gasteiger partial charge in [0.05, 0.1) is 0 Å². The molecule has 0 atom stereocenters. The van der Waals surface area contributed by atoms with Gasteiger partial charge in [0.25, 0.3) is 0 Å². The molecule has 5 aromatic carbocycles. The van der Waals surface area contributed by atoms with E-state index in [1.807, 2.05) is 36.4 Å². The minimum absolute atomic E-state index is 0.468. The maximum Gasteiger partial charge on any atom is 0.488 e. The topological polar surface area (TPSA) is 43.7 Å². The van der Waals surface area contributed by atoms with Crippen molar-refractivity contribution < 1.29 is 10.0 Å². The van der Waals surface area contributed by atoms with Gasteiger partial charge in [-0.25, -0.2) is 0 Å². The molecule has 0 radical (unpaired) electrons. The number of thiophene rings is 1. The first kappa shape index (κ1) is 21.6. The summed E-state index contributed by atoms with van der Waals surface area (Å²) in [6.07, 6.45) is 0. The van der Waals surface area contributed by atoms with Crippen molar-refractivity contribution >= 4 is 61.2 Å². The molecule has 0 unspecified atom stereocenters.